The van der Waals surface area contributed by atoms with Crippen molar-refractivity contribution < 1.29 is 9.18 Å². The molecule has 104 valence electrons. The minimum absolute atomic E-state index is 0.00509. The maximum absolute atomic E-state index is 13.7. The number of halogens is 3. The summed E-state index contributed by atoms with van der Waals surface area (Å²) in [7, 11) is 0. The number of piperidine rings is 1. The van der Waals surface area contributed by atoms with Gasteiger partial charge in [0.25, 0.3) is 5.91 Å². The molecule has 0 N–H and O–H groups in total. The van der Waals surface area contributed by atoms with E-state index in [1.54, 1.807) is 11.0 Å². The Bertz CT molecular complexity index is 452. The molecule has 1 aromatic rings. The quantitative estimate of drug-likeness (QED) is 0.736. The topological polar surface area (TPSA) is 20.3 Å². The number of hydrogen-bond donors (Lipinski definition) is 0. The van der Waals surface area contributed by atoms with Gasteiger partial charge in [0.1, 0.15) is 5.82 Å². The van der Waals surface area contributed by atoms with Crippen molar-refractivity contribution >= 4 is 33.4 Å². The molecule has 2 nitrogen and oxygen atoms in total. The number of amides is 1. The molecule has 0 aromatic heterocycles. The van der Waals surface area contributed by atoms with E-state index in [4.69, 9.17) is 11.6 Å². The van der Waals surface area contributed by atoms with E-state index in [0.717, 1.165) is 12.8 Å². The second kappa shape index (κ2) is 6.23. The highest BCUT2D eigenvalue weighted by Crippen LogP contribution is 2.27. The number of likely N-dealkylation sites (tertiary alicyclic amines) is 1. The van der Waals surface area contributed by atoms with Crippen LogP contribution in [0.15, 0.2) is 18.2 Å². The third kappa shape index (κ3) is 3.29. The van der Waals surface area contributed by atoms with Gasteiger partial charge in [-0.25, -0.2) is 4.39 Å². The molecule has 1 aliphatic heterocycles. The molecule has 1 fully saturated rings. The Morgan fingerprint density at radius 2 is 2.11 bits per heavy atom. The van der Waals surface area contributed by atoms with Crippen molar-refractivity contribution in [3.63, 3.8) is 0 Å². The molecule has 1 atom stereocenters. The van der Waals surface area contributed by atoms with Crippen molar-refractivity contribution in [2.24, 2.45) is 5.92 Å². The lowest BCUT2D eigenvalue weighted by Gasteiger charge is -2.33. The molecule has 5 heteroatoms. The van der Waals surface area contributed by atoms with Crippen LogP contribution in [0.25, 0.3) is 0 Å². The van der Waals surface area contributed by atoms with Gasteiger partial charge in [0.2, 0.25) is 0 Å². The summed E-state index contributed by atoms with van der Waals surface area (Å²) in [6.07, 6.45) is 1.87. The maximum Gasteiger partial charge on any atom is 0.258 e. The van der Waals surface area contributed by atoms with Crippen molar-refractivity contribution in [3.05, 3.63) is 34.6 Å². The van der Waals surface area contributed by atoms with E-state index < -0.39 is 5.82 Å². The number of hydrogen-bond acceptors (Lipinski definition) is 1. The van der Waals surface area contributed by atoms with E-state index in [9.17, 15) is 9.18 Å². The predicted molar refractivity (Wildman–Crippen MR) is 78.4 cm³/mol. The number of carbonyl (C=O) groups is 1. The van der Waals surface area contributed by atoms with Gasteiger partial charge in [0, 0.05) is 17.9 Å². The highest BCUT2D eigenvalue weighted by atomic mass is 79.9. The zero-order valence-electron chi connectivity index (χ0n) is 10.7. The average molecular weight is 349 g/mol. The van der Waals surface area contributed by atoms with Crippen molar-refractivity contribution in [2.45, 2.75) is 24.6 Å². The van der Waals surface area contributed by atoms with Crippen LogP contribution in [-0.2, 0) is 0 Å². The highest BCUT2D eigenvalue weighted by Gasteiger charge is 2.28. The Balaban J connectivity index is 2.10. The average Bonchev–Trinajstić information content (AvgIpc) is 2.38. The first-order valence-corrected chi connectivity index (χ1v) is 7.67. The van der Waals surface area contributed by atoms with Crippen LogP contribution < -0.4 is 0 Å². The van der Waals surface area contributed by atoms with Gasteiger partial charge < -0.3 is 4.90 Å². The van der Waals surface area contributed by atoms with E-state index in [-0.39, 0.29) is 16.5 Å². The molecule has 1 aromatic carbocycles. The van der Waals surface area contributed by atoms with E-state index >= 15 is 0 Å². The second-order valence-corrected chi connectivity index (χ2v) is 6.76. The van der Waals surface area contributed by atoms with Crippen molar-refractivity contribution in [1.29, 1.82) is 0 Å². The SMILES string of the molecule is CC(Br)C1CCN(C(=O)c2c(F)cccc2Cl)CC1. The van der Waals surface area contributed by atoms with Crippen LogP contribution in [0.4, 0.5) is 4.39 Å². The lowest BCUT2D eigenvalue weighted by atomic mass is 9.94. The fourth-order valence-electron chi connectivity index (χ4n) is 2.42. The second-order valence-electron chi connectivity index (χ2n) is 4.90. The molecular weight excluding hydrogens is 333 g/mol. The Morgan fingerprint density at radius 1 is 1.47 bits per heavy atom. The summed E-state index contributed by atoms with van der Waals surface area (Å²) in [5.74, 6) is -0.280. The minimum atomic E-state index is -0.548. The molecule has 2 rings (SSSR count). The number of nitrogens with zero attached hydrogens (tertiary/aromatic N) is 1. The van der Waals surface area contributed by atoms with Crippen molar-refractivity contribution in [3.8, 4) is 0 Å². The smallest absolute Gasteiger partial charge is 0.258 e. The lowest BCUT2D eigenvalue weighted by Crippen LogP contribution is -2.40. The van der Waals surface area contributed by atoms with Gasteiger partial charge >= 0.3 is 0 Å². The van der Waals surface area contributed by atoms with E-state index in [2.05, 4.69) is 22.9 Å². The van der Waals surface area contributed by atoms with Crippen molar-refractivity contribution in [2.75, 3.05) is 13.1 Å². The van der Waals surface area contributed by atoms with E-state index in [1.807, 2.05) is 0 Å². The number of alkyl halides is 1. The minimum Gasteiger partial charge on any atom is -0.338 e. The molecule has 0 radical (unpaired) electrons. The fourth-order valence-corrected chi connectivity index (χ4v) is 3.19. The standard InChI is InChI=1S/C14H16BrClFNO/c1-9(15)10-5-7-18(8-6-10)14(19)13-11(16)3-2-4-12(13)17/h2-4,9-10H,5-8H2,1H3. The summed E-state index contributed by atoms with van der Waals surface area (Å²) in [6.45, 7) is 3.43. The number of benzene rings is 1. The summed E-state index contributed by atoms with van der Waals surface area (Å²) in [5.41, 5.74) is -0.00509. The molecule has 1 unspecified atom stereocenters. The lowest BCUT2D eigenvalue weighted by molar-refractivity contribution is 0.0687. The molecular formula is C14H16BrClFNO. The molecule has 1 heterocycles. The monoisotopic (exact) mass is 347 g/mol. The maximum atomic E-state index is 13.7. The van der Waals surface area contributed by atoms with Crippen LogP contribution >= 0.6 is 27.5 Å². The zero-order chi connectivity index (χ0) is 14.0. The summed E-state index contributed by atoms with van der Waals surface area (Å²) in [6, 6.07) is 4.32. The Morgan fingerprint density at radius 3 is 2.63 bits per heavy atom. The number of carbonyl (C=O) groups excluding carboxylic acids is 1. The molecule has 0 spiro atoms. The third-order valence-electron chi connectivity index (χ3n) is 3.65. The van der Waals surface area contributed by atoms with Gasteiger partial charge in [0.15, 0.2) is 0 Å². The normalized spacial score (nSPS) is 18.4. The Kier molecular flexibility index (Phi) is 4.85. The highest BCUT2D eigenvalue weighted by molar-refractivity contribution is 9.09. The summed E-state index contributed by atoms with van der Waals surface area (Å²) in [4.78, 5) is 14.4. The van der Waals surface area contributed by atoms with Crippen LogP contribution in [0.3, 0.4) is 0 Å². The van der Waals surface area contributed by atoms with Crippen LogP contribution in [-0.4, -0.2) is 28.7 Å². The molecule has 1 amide bonds. The van der Waals surface area contributed by atoms with Gasteiger partial charge in [-0.05, 0) is 30.9 Å². The fraction of sp³-hybridized carbons (Fsp3) is 0.500. The Hall–Kier alpha value is -0.610. The summed E-state index contributed by atoms with van der Waals surface area (Å²) in [5, 5.41) is 0.181. The zero-order valence-corrected chi connectivity index (χ0v) is 13.0. The largest absolute Gasteiger partial charge is 0.338 e. The first kappa shape index (κ1) is 14.8. The summed E-state index contributed by atoms with van der Waals surface area (Å²) < 4.78 is 13.7. The number of rotatable bonds is 2. The first-order chi connectivity index (χ1) is 9.00. The molecule has 0 saturated carbocycles. The van der Waals surface area contributed by atoms with E-state index in [1.165, 1.54) is 12.1 Å². The predicted octanol–water partition coefficient (Wildman–Crippen LogP) is 4.11. The van der Waals surface area contributed by atoms with Crippen LogP contribution in [0.1, 0.15) is 30.1 Å². The van der Waals surface area contributed by atoms with Crippen LogP contribution in [0.2, 0.25) is 5.02 Å². The van der Waals surface area contributed by atoms with Gasteiger partial charge in [-0.1, -0.05) is 40.5 Å². The Labute approximate surface area is 126 Å². The molecule has 0 bridgehead atoms. The van der Waals surface area contributed by atoms with Gasteiger partial charge in [0.05, 0.1) is 10.6 Å². The summed E-state index contributed by atoms with van der Waals surface area (Å²) >= 11 is 9.50. The van der Waals surface area contributed by atoms with Gasteiger partial charge in [-0.15, -0.1) is 0 Å². The molecule has 1 aliphatic rings. The van der Waals surface area contributed by atoms with Crippen molar-refractivity contribution in [1.82, 2.24) is 4.90 Å². The molecule has 1 saturated heterocycles. The first-order valence-electron chi connectivity index (χ1n) is 6.38. The van der Waals surface area contributed by atoms with E-state index in [0.29, 0.717) is 23.8 Å². The molecule has 19 heavy (non-hydrogen) atoms. The van der Waals surface area contributed by atoms with Crippen LogP contribution in [0.5, 0.6) is 0 Å². The van der Waals surface area contributed by atoms with Crippen LogP contribution in [0, 0.1) is 11.7 Å². The van der Waals surface area contributed by atoms with Gasteiger partial charge in [-0.2, -0.15) is 0 Å². The molecule has 0 aliphatic carbocycles. The third-order valence-corrected chi connectivity index (χ3v) is 4.72. The van der Waals surface area contributed by atoms with Gasteiger partial charge in [-0.3, -0.25) is 4.79 Å².